The zero-order valence-electron chi connectivity index (χ0n) is 13.3. The number of rotatable bonds is 3. The first-order valence-electron chi connectivity index (χ1n) is 7.47. The number of nitrogens with zero attached hydrogens (tertiary/aromatic N) is 1. The number of benzene rings is 2. The number of urea groups is 1. The maximum Gasteiger partial charge on any atom is 0.325 e. The van der Waals surface area contributed by atoms with Crippen LogP contribution in [0.1, 0.15) is 23.6 Å². The van der Waals surface area contributed by atoms with Gasteiger partial charge in [0.15, 0.2) is 11.6 Å². The van der Waals surface area contributed by atoms with Gasteiger partial charge in [-0.15, -0.1) is 0 Å². The van der Waals surface area contributed by atoms with Gasteiger partial charge in [-0.25, -0.2) is 13.6 Å². The van der Waals surface area contributed by atoms with Gasteiger partial charge in [-0.1, -0.05) is 30.3 Å². The van der Waals surface area contributed by atoms with Crippen LogP contribution in [0.3, 0.4) is 0 Å². The van der Waals surface area contributed by atoms with Crippen molar-refractivity contribution in [3.63, 3.8) is 0 Å². The van der Waals surface area contributed by atoms with Crippen LogP contribution in [0.4, 0.5) is 13.6 Å². The number of imide groups is 1. The van der Waals surface area contributed by atoms with Gasteiger partial charge in [0, 0.05) is 0 Å². The van der Waals surface area contributed by atoms with Crippen LogP contribution in [0.5, 0.6) is 0 Å². The van der Waals surface area contributed by atoms with E-state index in [1.807, 2.05) is 31.2 Å². The lowest BCUT2D eigenvalue weighted by Crippen LogP contribution is -2.41. The van der Waals surface area contributed by atoms with Crippen molar-refractivity contribution in [3.05, 3.63) is 70.8 Å². The van der Waals surface area contributed by atoms with Crippen LogP contribution in [-0.4, -0.2) is 16.8 Å². The lowest BCUT2D eigenvalue weighted by molar-refractivity contribution is -0.131. The molecule has 4 nitrogen and oxygen atoms in total. The topological polar surface area (TPSA) is 49.4 Å². The molecule has 1 saturated heterocycles. The van der Waals surface area contributed by atoms with Gasteiger partial charge < -0.3 is 5.32 Å². The minimum Gasteiger partial charge on any atom is -0.319 e. The Morgan fingerprint density at radius 1 is 1.08 bits per heavy atom. The van der Waals surface area contributed by atoms with E-state index in [0.717, 1.165) is 28.2 Å². The second-order valence-electron chi connectivity index (χ2n) is 6.00. The summed E-state index contributed by atoms with van der Waals surface area (Å²) >= 11 is 0. The molecule has 1 fully saturated rings. The van der Waals surface area contributed by atoms with Crippen LogP contribution >= 0.6 is 0 Å². The molecule has 24 heavy (non-hydrogen) atoms. The van der Waals surface area contributed by atoms with Crippen LogP contribution in [0, 0.1) is 18.6 Å². The largest absolute Gasteiger partial charge is 0.325 e. The SMILES string of the molecule is Cc1ccccc1CN1C(=O)N[C@](C)(c2ccc(F)c(F)c2)C1=O. The van der Waals surface area contributed by atoms with Crippen LogP contribution in [0.15, 0.2) is 42.5 Å². The van der Waals surface area contributed by atoms with E-state index in [2.05, 4.69) is 5.32 Å². The second-order valence-corrected chi connectivity index (χ2v) is 6.00. The number of aryl methyl sites for hydroxylation is 1. The van der Waals surface area contributed by atoms with Crippen molar-refractivity contribution < 1.29 is 18.4 Å². The molecule has 124 valence electrons. The standard InChI is InChI=1S/C18H16F2N2O2/c1-11-5-3-4-6-12(11)10-22-16(23)18(2,21-17(22)24)13-7-8-14(19)15(20)9-13/h3-9H,10H2,1-2H3,(H,21,24)/t18-/m1/s1. The van der Waals surface area contributed by atoms with Crippen molar-refractivity contribution in [1.29, 1.82) is 0 Å². The summed E-state index contributed by atoms with van der Waals surface area (Å²) in [6, 6.07) is 10.0. The fourth-order valence-corrected chi connectivity index (χ4v) is 2.80. The molecule has 1 atom stereocenters. The molecule has 3 amide bonds. The van der Waals surface area contributed by atoms with E-state index in [9.17, 15) is 18.4 Å². The Morgan fingerprint density at radius 3 is 2.46 bits per heavy atom. The summed E-state index contributed by atoms with van der Waals surface area (Å²) in [7, 11) is 0. The van der Waals surface area contributed by atoms with Gasteiger partial charge >= 0.3 is 6.03 Å². The van der Waals surface area contributed by atoms with Gasteiger partial charge in [0.05, 0.1) is 6.54 Å². The number of amides is 3. The van der Waals surface area contributed by atoms with Gasteiger partial charge in [0.25, 0.3) is 5.91 Å². The number of nitrogens with one attached hydrogen (secondary N) is 1. The highest BCUT2D eigenvalue weighted by Crippen LogP contribution is 2.30. The van der Waals surface area contributed by atoms with Crippen molar-refractivity contribution in [1.82, 2.24) is 10.2 Å². The highest BCUT2D eigenvalue weighted by Gasteiger charge is 2.49. The second kappa shape index (κ2) is 5.70. The molecular formula is C18H16F2N2O2. The Morgan fingerprint density at radius 2 is 1.79 bits per heavy atom. The molecule has 1 N–H and O–H groups in total. The summed E-state index contributed by atoms with van der Waals surface area (Å²) in [5, 5.41) is 2.58. The van der Waals surface area contributed by atoms with Crippen LogP contribution in [0.2, 0.25) is 0 Å². The Hall–Kier alpha value is -2.76. The first-order chi connectivity index (χ1) is 11.3. The number of hydrogen-bond donors (Lipinski definition) is 1. The Labute approximate surface area is 138 Å². The van der Waals surface area contributed by atoms with Gasteiger partial charge in [0.1, 0.15) is 5.54 Å². The fourth-order valence-electron chi connectivity index (χ4n) is 2.80. The fraction of sp³-hybridized carbons (Fsp3) is 0.222. The molecule has 6 heteroatoms. The molecule has 0 saturated carbocycles. The highest BCUT2D eigenvalue weighted by atomic mass is 19.2. The number of carbonyl (C=O) groups is 2. The molecule has 0 bridgehead atoms. The minimum atomic E-state index is -1.42. The maximum absolute atomic E-state index is 13.5. The molecular weight excluding hydrogens is 314 g/mol. The average molecular weight is 330 g/mol. The van der Waals surface area contributed by atoms with Gasteiger partial charge in [-0.3, -0.25) is 9.69 Å². The highest BCUT2D eigenvalue weighted by molar-refractivity contribution is 6.07. The molecule has 2 aromatic rings. The zero-order chi connectivity index (χ0) is 17.5. The van der Waals surface area contributed by atoms with E-state index in [4.69, 9.17) is 0 Å². The quantitative estimate of drug-likeness (QED) is 0.879. The average Bonchev–Trinajstić information content (AvgIpc) is 2.76. The van der Waals surface area contributed by atoms with Crippen molar-refractivity contribution >= 4 is 11.9 Å². The summed E-state index contributed by atoms with van der Waals surface area (Å²) in [4.78, 5) is 26.1. The minimum absolute atomic E-state index is 0.122. The summed E-state index contributed by atoms with van der Waals surface area (Å²) in [6.45, 7) is 3.50. The van der Waals surface area contributed by atoms with Crippen LogP contribution < -0.4 is 5.32 Å². The van der Waals surface area contributed by atoms with Gasteiger partial charge in [-0.2, -0.15) is 0 Å². The van der Waals surface area contributed by atoms with Gasteiger partial charge in [0.2, 0.25) is 0 Å². The first-order valence-corrected chi connectivity index (χ1v) is 7.47. The molecule has 3 rings (SSSR count). The van der Waals surface area contributed by atoms with Gasteiger partial charge in [-0.05, 0) is 42.7 Å². The smallest absolute Gasteiger partial charge is 0.319 e. The monoisotopic (exact) mass is 330 g/mol. The third kappa shape index (κ3) is 2.54. The van der Waals surface area contributed by atoms with E-state index >= 15 is 0 Å². The Kier molecular flexibility index (Phi) is 3.83. The first kappa shape index (κ1) is 16.1. The third-order valence-corrected chi connectivity index (χ3v) is 4.36. The van der Waals surface area contributed by atoms with Crippen molar-refractivity contribution in [2.45, 2.75) is 25.9 Å². The number of carbonyl (C=O) groups excluding carboxylic acids is 2. The summed E-state index contributed by atoms with van der Waals surface area (Å²) in [6.07, 6.45) is 0. The Balaban J connectivity index is 1.93. The predicted octanol–water partition coefficient (Wildman–Crippen LogP) is 3.24. The van der Waals surface area contributed by atoms with Crippen molar-refractivity contribution in [2.24, 2.45) is 0 Å². The lowest BCUT2D eigenvalue weighted by atomic mass is 9.92. The molecule has 0 radical (unpaired) electrons. The zero-order valence-corrected chi connectivity index (χ0v) is 13.3. The molecule has 1 aliphatic heterocycles. The molecule has 1 aliphatic rings. The molecule has 0 unspecified atom stereocenters. The van der Waals surface area contributed by atoms with Crippen LogP contribution in [-0.2, 0) is 16.9 Å². The predicted molar refractivity (Wildman–Crippen MR) is 84.0 cm³/mol. The summed E-state index contributed by atoms with van der Waals surface area (Å²) in [5.41, 5.74) is 0.580. The molecule has 0 aliphatic carbocycles. The maximum atomic E-state index is 13.5. The number of hydrogen-bond acceptors (Lipinski definition) is 2. The van der Waals surface area contributed by atoms with E-state index in [0.29, 0.717) is 0 Å². The van der Waals surface area contributed by atoms with E-state index < -0.39 is 29.1 Å². The third-order valence-electron chi connectivity index (χ3n) is 4.36. The van der Waals surface area contributed by atoms with E-state index in [1.54, 1.807) is 0 Å². The van der Waals surface area contributed by atoms with E-state index in [-0.39, 0.29) is 12.1 Å². The summed E-state index contributed by atoms with van der Waals surface area (Å²) < 4.78 is 26.6. The van der Waals surface area contributed by atoms with Crippen molar-refractivity contribution in [3.8, 4) is 0 Å². The molecule has 0 aromatic heterocycles. The normalized spacial score (nSPS) is 20.4. The molecule has 2 aromatic carbocycles. The number of halogens is 2. The lowest BCUT2D eigenvalue weighted by Gasteiger charge is -2.22. The molecule has 1 heterocycles. The summed E-state index contributed by atoms with van der Waals surface area (Å²) in [5.74, 6) is -2.56. The van der Waals surface area contributed by atoms with Crippen LogP contribution in [0.25, 0.3) is 0 Å². The molecule has 0 spiro atoms. The van der Waals surface area contributed by atoms with Crippen molar-refractivity contribution in [2.75, 3.05) is 0 Å². The van der Waals surface area contributed by atoms with E-state index in [1.165, 1.54) is 13.0 Å². The Bertz CT molecular complexity index is 838.